The van der Waals surface area contributed by atoms with Crippen molar-refractivity contribution in [3.05, 3.63) is 36.4 Å². The van der Waals surface area contributed by atoms with Crippen molar-refractivity contribution in [2.45, 2.75) is 25.0 Å². The Morgan fingerprint density at radius 2 is 2.11 bits per heavy atom. The number of anilines is 1. The van der Waals surface area contributed by atoms with Gasteiger partial charge in [-0.2, -0.15) is 0 Å². The first-order valence-electron chi connectivity index (χ1n) is 6.64. The van der Waals surface area contributed by atoms with E-state index in [1.807, 2.05) is 12.1 Å². The Morgan fingerprint density at radius 3 is 3.06 bits per heavy atom. The number of aromatic nitrogens is 1. The second-order valence-electron chi connectivity index (χ2n) is 5.24. The monoisotopic (exact) mass is 240 g/mol. The zero-order valence-electron chi connectivity index (χ0n) is 10.2. The molecular formula is C15H16N2O. The minimum Gasteiger partial charge on any atom is -0.378 e. The van der Waals surface area contributed by atoms with Gasteiger partial charge in [-0.3, -0.25) is 0 Å². The number of hydrogen-bond acceptors (Lipinski definition) is 3. The van der Waals surface area contributed by atoms with Crippen LogP contribution < -0.4 is 5.32 Å². The highest BCUT2D eigenvalue weighted by Crippen LogP contribution is 2.40. The fraction of sp³-hybridized carbons (Fsp3) is 0.400. The standard InChI is InChI=1S/C15H16N2O/c1-2-4-12-10(3-1)5-6-15(16-12)17-13-9-14-11(13)7-8-18-14/h1-6,11,13-14H,7-9H2,(H,16,17)/t11-,13-,14+/m1/s1. The van der Waals surface area contributed by atoms with E-state index >= 15 is 0 Å². The molecule has 2 aliphatic rings. The lowest BCUT2D eigenvalue weighted by Gasteiger charge is -2.39. The van der Waals surface area contributed by atoms with E-state index in [4.69, 9.17) is 4.74 Å². The molecule has 0 radical (unpaired) electrons. The van der Waals surface area contributed by atoms with Gasteiger partial charge >= 0.3 is 0 Å². The largest absolute Gasteiger partial charge is 0.378 e. The topological polar surface area (TPSA) is 34.2 Å². The summed E-state index contributed by atoms with van der Waals surface area (Å²) in [6.45, 7) is 0.929. The van der Waals surface area contributed by atoms with Crippen LogP contribution >= 0.6 is 0 Å². The summed E-state index contributed by atoms with van der Waals surface area (Å²) >= 11 is 0. The molecule has 3 nitrogen and oxygen atoms in total. The molecule has 1 aliphatic heterocycles. The number of pyridine rings is 1. The van der Waals surface area contributed by atoms with Crippen molar-refractivity contribution in [2.75, 3.05) is 11.9 Å². The van der Waals surface area contributed by atoms with Gasteiger partial charge < -0.3 is 10.1 Å². The van der Waals surface area contributed by atoms with E-state index < -0.39 is 0 Å². The summed E-state index contributed by atoms with van der Waals surface area (Å²) in [7, 11) is 0. The van der Waals surface area contributed by atoms with Crippen LogP contribution in [0.5, 0.6) is 0 Å². The Morgan fingerprint density at radius 1 is 1.17 bits per heavy atom. The van der Waals surface area contributed by atoms with Crippen LogP contribution in [0.1, 0.15) is 12.8 Å². The number of ether oxygens (including phenoxy) is 1. The molecule has 1 saturated carbocycles. The van der Waals surface area contributed by atoms with E-state index in [1.54, 1.807) is 0 Å². The molecule has 0 unspecified atom stereocenters. The molecule has 1 saturated heterocycles. The highest BCUT2D eigenvalue weighted by Gasteiger charge is 2.45. The van der Waals surface area contributed by atoms with Crippen molar-refractivity contribution in [1.29, 1.82) is 0 Å². The van der Waals surface area contributed by atoms with Crippen molar-refractivity contribution >= 4 is 16.7 Å². The summed E-state index contributed by atoms with van der Waals surface area (Å²) in [4.78, 5) is 4.66. The van der Waals surface area contributed by atoms with Gasteiger partial charge in [0.05, 0.1) is 11.6 Å². The maximum atomic E-state index is 5.63. The molecule has 0 amide bonds. The minimum atomic E-state index is 0.503. The molecule has 1 N–H and O–H groups in total. The van der Waals surface area contributed by atoms with E-state index in [2.05, 4.69) is 34.6 Å². The summed E-state index contributed by atoms with van der Waals surface area (Å²) in [5.74, 6) is 1.68. The summed E-state index contributed by atoms with van der Waals surface area (Å²) < 4.78 is 5.63. The Labute approximate surface area is 106 Å². The molecule has 1 aliphatic carbocycles. The molecule has 1 aromatic heterocycles. The second-order valence-corrected chi connectivity index (χ2v) is 5.24. The lowest BCUT2D eigenvalue weighted by molar-refractivity contribution is 0.0246. The molecular weight excluding hydrogens is 224 g/mol. The van der Waals surface area contributed by atoms with Crippen LogP contribution in [0.15, 0.2) is 36.4 Å². The molecule has 3 atom stereocenters. The van der Waals surface area contributed by atoms with Crippen molar-refractivity contribution < 1.29 is 4.74 Å². The second kappa shape index (κ2) is 3.95. The van der Waals surface area contributed by atoms with Gasteiger partial charge in [-0.25, -0.2) is 4.98 Å². The van der Waals surface area contributed by atoms with Crippen LogP contribution in [0.3, 0.4) is 0 Å². The zero-order chi connectivity index (χ0) is 11.9. The third-order valence-electron chi connectivity index (χ3n) is 4.20. The summed E-state index contributed by atoms with van der Waals surface area (Å²) in [6, 6.07) is 13.0. The van der Waals surface area contributed by atoms with Gasteiger partial charge in [0.15, 0.2) is 0 Å². The molecule has 3 heteroatoms. The van der Waals surface area contributed by atoms with Crippen LogP contribution in [0.4, 0.5) is 5.82 Å². The fourth-order valence-corrected chi connectivity index (χ4v) is 3.10. The molecule has 1 aromatic carbocycles. The van der Waals surface area contributed by atoms with Gasteiger partial charge in [-0.05, 0) is 31.0 Å². The van der Waals surface area contributed by atoms with Gasteiger partial charge in [-0.15, -0.1) is 0 Å². The number of nitrogens with one attached hydrogen (secondary N) is 1. The maximum absolute atomic E-state index is 5.63. The van der Waals surface area contributed by atoms with Crippen LogP contribution in [0.2, 0.25) is 0 Å². The summed E-state index contributed by atoms with van der Waals surface area (Å²) in [6.07, 6.45) is 2.82. The highest BCUT2D eigenvalue weighted by molar-refractivity contribution is 5.80. The number of fused-ring (bicyclic) bond motifs is 2. The normalized spacial score (nSPS) is 29.9. The number of benzene rings is 1. The Kier molecular flexibility index (Phi) is 2.27. The van der Waals surface area contributed by atoms with Gasteiger partial charge in [0.25, 0.3) is 0 Å². The molecule has 92 valence electrons. The number of nitrogens with zero attached hydrogens (tertiary/aromatic N) is 1. The first-order chi connectivity index (χ1) is 8.90. The van der Waals surface area contributed by atoms with E-state index in [0.29, 0.717) is 18.1 Å². The number of para-hydroxylation sites is 1. The van der Waals surface area contributed by atoms with Crippen LogP contribution in [-0.2, 0) is 4.74 Å². The van der Waals surface area contributed by atoms with Crippen molar-refractivity contribution in [2.24, 2.45) is 5.92 Å². The van der Waals surface area contributed by atoms with E-state index in [1.165, 1.54) is 11.8 Å². The average Bonchev–Trinajstić information content (AvgIpc) is 2.77. The van der Waals surface area contributed by atoms with Gasteiger partial charge in [0, 0.05) is 24.0 Å². The van der Waals surface area contributed by atoms with Crippen LogP contribution in [0, 0.1) is 5.92 Å². The molecule has 2 aromatic rings. The van der Waals surface area contributed by atoms with Gasteiger partial charge in [-0.1, -0.05) is 18.2 Å². The molecule has 0 bridgehead atoms. The Balaban J connectivity index is 1.56. The van der Waals surface area contributed by atoms with Crippen LogP contribution in [0.25, 0.3) is 10.9 Å². The molecule has 2 heterocycles. The lowest BCUT2D eigenvalue weighted by Crippen LogP contribution is -2.47. The van der Waals surface area contributed by atoms with E-state index in [0.717, 1.165) is 24.4 Å². The molecule has 18 heavy (non-hydrogen) atoms. The van der Waals surface area contributed by atoms with Crippen molar-refractivity contribution in [1.82, 2.24) is 4.98 Å². The highest BCUT2D eigenvalue weighted by atomic mass is 16.5. The fourth-order valence-electron chi connectivity index (χ4n) is 3.10. The predicted molar refractivity (Wildman–Crippen MR) is 71.6 cm³/mol. The van der Waals surface area contributed by atoms with Gasteiger partial charge in [0.1, 0.15) is 5.82 Å². The third kappa shape index (κ3) is 1.58. The van der Waals surface area contributed by atoms with E-state index in [9.17, 15) is 0 Å². The molecule has 0 spiro atoms. The first kappa shape index (κ1) is 10.3. The van der Waals surface area contributed by atoms with Crippen molar-refractivity contribution in [3.63, 3.8) is 0 Å². The smallest absolute Gasteiger partial charge is 0.126 e. The SMILES string of the molecule is c1ccc2nc(N[C@@H]3C[C@@H]4OCC[C@@H]43)ccc2c1. The summed E-state index contributed by atoms with van der Waals surface area (Å²) in [5.41, 5.74) is 1.06. The van der Waals surface area contributed by atoms with Gasteiger partial charge in [0.2, 0.25) is 0 Å². The minimum absolute atomic E-state index is 0.503. The zero-order valence-corrected chi connectivity index (χ0v) is 10.2. The number of rotatable bonds is 2. The number of hydrogen-bond donors (Lipinski definition) is 1. The third-order valence-corrected chi connectivity index (χ3v) is 4.20. The Hall–Kier alpha value is -1.61. The predicted octanol–water partition coefficient (Wildman–Crippen LogP) is 2.82. The lowest BCUT2D eigenvalue weighted by atomic mass is 9.76. The Bertz CT molecular complexity index is 583. The van der Waals surface area contributed by atoms with E-state index in [-0.39, 0.29) is 0 Å². The average molecular weight is 240 g/mol. The van der Waals surface area contributed by atoms with Crippen LogP contribution in [-0.4, -0.2) is 23.7 Å². The first-order valence-corrected chi connectivity index (χ1v) is 6.64. The quantitative estimate of drug-likeness (QED) is 0.876. The molecule has 4 rings (SSSR count). The summed E-state index contributed by atoms with van der Waals surface area (Å²) in [5, 5.41) is 4.74. The molecule has 2 fully saturated rings. The maximum Gasteiger partial charge on any atom is 0.126 e. The van der Waals surface area contributed by atoms with Crippen molar-refractivity contribution in [3.8, 4) is 0 Å².